The second-order valence-electron chi connectivity index (χ2n) is 4.10. The lowest BCUT2D eigenvalue weighted by atomic mass is 10.2. The van der Waals surface area contributed by atoms with Crippen LogP contribution in [0.1, 0.15) is 12.8 Å². The van der Waals surface area contributed by atoms with Crippen molar-refractivity contribution in [3.63, 3.8) is 0 Å². The Morgan fingerprint density at radius 2 is 1.94 bits per heavy atom. The molecule has 0 saturated carbocycles. The number of hydrogen-bond acceptors (Lipinski definition) is 4. The van der Waals surface area contributed by atoms with E-state index < -0.39 is 0 Å². The van der Waals surface area contributed by atoms with Crippen molar-refractivity contribution in [1.82, 2.24) is 4.90 Å². The van der Waals surface area contributed by atoms with Gasteiger partial charge in [-0.05, 0) is 37.1 Å². The first-order valence-corrected chi connectivity index (χ1v) is 5.74. The highest BCUT2D eigenvalue weighted by atomic mass is 16.5. The van der Waals surface area contributed by atoms with Crippen LogP contribution in [0, 0.1) is 0 Å². The van der Waals surface area contributed by atoms with E-state index in [-0.39, 0.29) is 0 Å². The maximum atomic E-state index is 5.09. The molecule has 0 aliphatic carbocycles. The van der Waals surface area contributed by atoms with Gasteiger partial charge in [-0.3, -0.25) is 0 Å². The standard InChI is InChI=1S/C13H17N3O/c1-16-9-3-4-12(10-16)15-14-11-5-7-13(17-2)8-6-11/h5-8,10H,3-4,9H2,1-2H3. The molecule has 0 saturated heterocycles. The van der Waals surface area contributed by atoms with Crippen LogP contribution in [0.25, 0.3) is 0 Å². The van der Waals surface area contributed by atoms with E-state index in [1.54, 1.807) is 7.11 Å². The fourth-order valence-corrected chi connectivity index (χ4v) is 1.74. The van der Waals surface area contributed by atoms with Crippen LogP contribution in [0.15, 0.2) is 46.4 Å². The summed E-state index contributed by atoms with van der Waals surface area (Å²) in [6.07, 6.45) is 4.20. The molecule has 1 aromatic carbocycles. The Kier molecular flexibility index (Phi) is 3.75. The molecular weight excluding hydrogens is 214 g/mol. The van der Waals surface area contributed by atoms with Gasteiger partial charge in [-0.1, -0.05) is 0 Å². The van der Waals surface area contributed by atoms with Crippen LogP contribution in [-0.2, 0) is 0 Å². The van der Waals surface area contributed by atoms with Crippen LogP contribution in [0.3, 0.4) is 0 Å². The van der Waals surface area contributed by atoms with Crippen LogP contribution in [0.4, 0.5) is 5.69 Å². The summed E-state index contributed by atoms with van der Waals surface area (Å²) in [4.78, 5) is 2.14. The van der Waals surface area contributed by atoms with Crippen molar-refractivity contribution in [2.75, 3.05) is 20.7 Å². The third-order valence-corrected chi connectivity index (χ3v) is 2.68. The van der Waals surface area contributed by atoms with Gasteiger partial charge in [0.25, 0.3) is 0 Å². The van der Waals surface area contributed by atoms with Crippen LogP contribution in [0.2, 0.25) is 0 Å². The number of nitrogens with zero attached hydrogens (tertiary/aromatic N) is 3. The first-order chi connectivity index (χ1) is 8.28. The van der Waals surface area contributed by atoms with Gasteiger partial charge in [0.2, 0.25) is 0 Å². The third-order valence-electron chi connectivity index (χ3n) is 2.68. The topological polar surface area (TPSA) is 37.2 Å². The Hall–Kier alpha value is -1.84. The number of azo groups is 1. The first-order valence-electron chi connectivity index (χ1n) is 5.74. The SMILES string of the molecule is COc1ccc(N=NC2=CN(C)CCC2)cc1. The lowest BCUT2D eigenvalue weighted by molar-refractivity contribution is 0.413. The van der Waals surface area contributed by atoms with Gasteiger partial charge in [0.15, 0.2) is 0 Å². The van der Waals surface area contributed by atoms with E-state index in [9.17, 15) is 0 Å². The molecule has 0 fully saturated rings. The van der Waals surface area contributed by atoms with Crippen LogP contribution in [-0.4, -0.2) is 25.6 Å². The average molecular weight is 231 g/mol. The highest BCUT2D eigenvalue weighted by molar-refractivity contribution is 5.40. The Balaban J connectivity index is 2.04. The van der Waals surface area contributed by atoms with Crippen LogP contribution in [0.5, 0.6) is 5.75 Å². The second-order valence-corrected chi connectivity index (χ2v) is 4.10. The molecule has 4 nitrogen and oxygen atoms in total. The molecule has 0 atom stereocenters. The average Bonchev–Trinajstić information content (AvgIpc) is 2.37. The Bertz CT molecular complexity index is 423. The van der Waals surface area contributed by atoms with Crippen molar-refractivity contribution >= 4 is 5.69 Å². The number of benzene rings is 1. The number of rotatable bonds is 3. The quantitative estimate of drug-likeness (QED) is 0.748. The summed E-state index contributed by atoms with van der Waals surface area (Å²) in [6.45, 7) is 1.10. The molecule has 0 amide bonds. The van der Waals surface area contributed by atoms with E-state index in [1.165, 1.54) is 0 Å². The molecule has 4 heteroatoms. The normalized spacial score (nSPS) is 16.1. The van der Waals surface area contributed by atoms with Crippen molar-refractivity contribution in [2.45, 2.75) is 12.8 Å². The molecule has 0 spiro atoms. The van der Waals surface area contributed by atoms with Crippen molar-refractivity contribution in [2.24, 2.45) is 10.2 Å². The number of methoxy groups -OCH3 is 1. The van der Waals surface area contributed by atoms with Crippen molar-refractivity contribution in [3.8, 4) is 5.75 Å². The zero-order chi connectivity index (χ0) is 12.1. The maximum Gasteiger partial charge on any atom is 0.119 e. The van der Waals surface area contributed by atoms with Crippen molar-refractivity contribution < 1.29 is 4.74 Å². The largest absolute Gasteiger partial charge is 0.497 e. The third kappa shape index (κ3) is 3.31. The summed E-state index contributed by atoms with van der Waals surface area (Å²) in [6, 6.07) is 7.57. The van der Waals surface area contributed by atoms with E-state index in [4.69, 9.17) is 4.74 Å². The van der Waals surface area contributed by atoms with Gasteiger partial charge in [0, 0.05) is 19.8 Å². The molecule has 0 N–H and O–H groups in total. The number of allylic oxidation sites excluding steroid dienone is 1. The minimum absolute atomic E-state index is 0.834. The molecule has 90 valence electrons. The molecule has 0 unspecified atom stereocenters. The summed E-state index contributed by atoms with van der Waals surface area (Å²) in [5, 5.41) is 8.48. The molecular formula is C13H17N3O. The lowest BCUT2D eigenvalue weighted by Crippen LogP contribution is -2.16. The van der Waals surface area contributed by atoms with Gasteiger partial charge < -0.3 is 9.64 Å². The van der Waals surface area contributed by atoms with Gasteiger partial charge in [-0.15, -0.1) is 0 Å². The summed E-state index contributed by atoms with van der Waals surface area (Å²) >= 11 is 0. The molecule has 0 aromatic heterocycles. The lowest BCUT2D eigenvalue weighted by Gasteiger charge is -2.19. The fourth-order valence-electron chi connectivity index (χ4n) is 1.74. The zero-order valence-electron chi connectivity index (χ0n) is 10.3. The summed E-state index contributed by atoms with van der Waals surface area (Å²) < 4.78 is 5.09. The summed E-state index contributed by atoms with van der Waals surface area (Å²) in [5.74, 6) is 0.834. The fraction of sp³-hybridized carbons (Fsp3) is 0.385. The van der Waals surface area contributed by atoms with E-state index in [1.807, 2.05) is 24.3 Å². The predicted molar refractivity (Wildman–Crippen MR) is 67.5 cm³/mol. The molecule has 0 bridgehead atoms. The zero-order valence-corrected chi connectivity index (χ0v) is 10.3. The minimum Gasteiger partial charge on any atom is -0.497 e. The van der Waals surface area contributed by atoms with Gasteiger partial charge in [-0.2, -0.15) is 10.2 Å². The highest BCUT2D eigenvalue weighted by Gasteiger charge is 2.05. The van der Waals surface area contributed by atoms with E-state index in [0.717, 1.165) is 36.5 Å². The molecule has 0 radical (unpaired) electrons. The van der Waals surface area contributed by atoms with Crippen molar-refractivity contribution in [1.29, 1.82) is 0 Å². The number of ether oxygens (including phenoxy) is 1. The van der Waals surface area contributed by atoms with Gasteiger partial charge in [-0.25, -0.2) is 0 Å². The van der Waals surface area contributed by atoms with E-state index in [2.05, 4.69) is 28.4 Å². The first kappa shape index (κ1) is 11.6. The maximum absolute atomic E-state index is 5.09. The van der Waals surface area contributed by atoms with Crippen LogP contribution >= 0.6 is 0 Å². The number of hydrogen-bond donors (Lipinski definition) is 0. The van der Waals surface area contributed by atoms with Crippen molar-refractivity contribution in [3.05, 3.63) is 36.2 Å². The molecule has 1 aliphatic rings. The van der Waals surface area contributed by atoms with Gasteiger partial charge in [0.1, 0.15) is 5.75 Å². The summed E-state index contributed by atoms with van der Waals surface area (Å²) in [5.41, 5.74) is 1.88. The minimum atomic E-state index is 0.834. The van der Waals surface area contributed by atoms with E-state index >= 15 is 0 Å². The van der Waals surface area contributed by atoms with E-state index in [0.29, 0.717) is 0 Å². The predicted octanol–water partition coefficient (Wildman–Crippen LogP) is 3.35. The molecule has 17 heavy (non-hydrogen) atoms. The van der Waals surface area contributed by atoms with Gasteiger partial charge in [0.05, 0.1) is 18.5 Å². The van der Waals surface area contributed by atoms with Gasteiger partial charge >= 0.3 is 0 Å². The smallest absolute Gasteiger partial charge is 0.119 e. The monoisotopic (exact) mass is 231 g/mol. The summed E-state index contributed by atoms with van der Waals surface area (Å²) in [7, 11) is 3.71. The Morgan fingerprint density at radius 1 is 1.18 bits per heavy atom. The second kappa shape index (κ2) is 5.48. The molecule has 2 rings (SSSR count). The molecule has 1 heterocycles. The highest BCUT2D eigenvalue weighted by Crippen LogP contribution is 2.21. The Labute approximate surface area is 102 Å². The Morgan fingerprint density at radius 3 is 2.59 bits per heavy atom. The molecule has 1 aromatic rings. The molecule has 1 aliphatic heterocycles. The van der Waals surface area contributed by atoms with Crippen LogP contribution < -0.4 is 4.74 Å².